The van der Waals surface area contributed by atoms with Gasteiger partial charge in [-0.3, -0.25) is 4.79 Å². The lowest BCUT2D eigenvalue weighted by molar-refractivity contribution is 0.0374. The number of hydrogen-bond donors (Lipinski definition) is 1. The van der Waals surface area contributed by atoms with Crippen LogP contribution in [-0.2, 0) is 0 Å². The fraction of sp³-hybridized carbons (Fsp3) is 0.400. The number of aliphatic hydroxyl groups excluding tert-OH is 1. The predicted molar refractivity (Wildman–Crippen MR) is 98.9 cm³/mol. The van der Waals surface area contributed by atoms with Gasteiger partial charge < -0.3 is 14.6 Å². The average molecular weight is 363 g/mol. The molecule has 3 heterocycles. The molecule has 1 aliphatic carbocycles. The molecule has 1 saturated carbocycles. The van der Waals surface area contributed by atoms with Crippen LogP contribution in [0.3, 0.4) is 0 Å². The Hall–Kier alpha value is -2.80. The van der Waals surface area contributed by atoms with Gasteiger partial charge >= 0.3 is 0 Å². The summed E-state index contributed by atoms with van der Waals surface area (Å²) in [5, 5.41) is 18.6. The minimum atomic E-state index is -0.435. The minimum Gasteiger partial charge on any atom is -0.391 e. The fourth-order valence-electron chi connectivity index (χ4n) is 4.69. The van der Waals surface area contributed by atoms with E-state index in [0.717, 1.165) is 17.5 Å². The molecule has 5 rings (SSSR count). The normalized spacial score (nSPS) is 27.7. The SMILES string of the molecule is O=C(c1cccnn1)N1C[C@H]2C[C@@H](n3cnc4ccccc43)[C@H](O)C[C@H]2C1. The highest BCUT2D eigenvalue weighted by molar-refractivity contribution is 5.92. The number of rotatable bonds is 2. The van der Waals surface area contributed by atoms with Crippen molar-refractivity contribution in [2.24, 2.45) is 11.8 Å². The summed E-state index contributed by atoms with van der Waals surface area (Å²) in [4.78, 5) is 19.0. The molecule has 2 aromatic heterocycles. The largest absolute Gasteiger partial charge is 0.391 e. The number of aromatic nitrogens is 4. The summed E-state index contributed by atoms with van der Waals surface area (Å²) in [6.45, 7) is 1.38. The van der Waals surface area contributed by atoms with E-state index < -0.39 is 6.10 Å². The Kier molecular flexibility index (Phi) is 3.89. The number of carbonyl (C=O) groups excluding carboxylic acids is 1. The first kappa shape index (κ1) is 16.4. The van der Waals surface area contributed by atoms with Gasteiger partial charge in [0.2, 0.25) is 0 Å². The second kappa shape index (κ2) is 6.42. The van der Waals surface area contributed by atoms with Crippen LogP contribution >= 0.6 is 0 Å². The number of aliphatic hydroxyl groups is 1. The maximum atomic E-state index is 12.7. The summed E-state index contributed by atoms with van der Waals surface area (Å²) >= 11 is 0. The molecule has 7 heteroatoms. The van der Waals surface area contributed by atoms with Crippen LogP contribution in [0.2, 0.25) is 0 Å². The Morgan fingerprint density at radius 3 is 2.70 bits per heavy atom. The molecule has 1 N–H and O–H groups in total. The maximum Gasteiger partial charge on any atom is 0.274 e. The number of hydrogen-bond acceptors (Lipinski definition) is 5. The van der Waals surface area contributed by atoms with E-state index in [-0.39, 0.29) is 11.9 Å². The quantitative estimate of drug-likeness (QED) is 0.752. The second-order valence-corrected chi connectivity index (χ2v) is 7.59. The van der Waals surface area contributed by atoms with Crippen molar-refractivity contribution in [2.45, 2.75) is 25.0 Å². The zero-order valence-electron chi connectivity index (χ0n) is 14.8. The van der Waals surface area contributed by atoms with E-state index in [9.17, 15) is 9.90 Å². The van der Waals surface area contributed by atoms with E-state index in [1.807, 2.05) is 35.5 Å². The van der Waals surface area contributed by atoms with Crippen molar-refractivity contribution in [3.05, 3.63) is 54.6 Å². The zero-order chi connectivity index (χ0) is 18.4. The maximum absolute atomic E-state index is 12.7. The molecule has 1 aromatic carbocycles. The van der Waals surface area contributed by atoms with Gasteiger partial charge in [0, 0.05) is 19.3 Å². The minimum absolute atomic E-state index is 0.00906. The van der Waals surface area contributed by atoms with Gasteiger partial charge in [-0.2, -0.15) is 5.10 Å². The molecule has 3 aromatic rings. The van der Waals surface area contributed by atoms with E-state index in [1.165, 1.54) is 0 Å². The molecular formula is C20H21N5O2. The molecule has 7 nitrogen and oxygen atoms in total. The molecule has 4 atom stereocenters. The first-order valence-corrected chi connectivity index (χ1v) is 9.37. The third-order valence-corrected chi connectivity index (χ3v) is 6.03. The van der Waals surface area contributed by atoms with Gasteiger partial charge in [0.1, 0.15) is 0 Å². The molecule has 1 amide bonds. The van der Waals surface area contributed by atoms with Crippen molar-refractivity contribution < 1.29 is 9.90 Å². The standard InChI is InChI=1S/C20H21N5O2/c26-19-9-14-11-24(20(27)16-5-3-7-22-23-16)10-13(14)8-18(19)25-12-21-15-4-1-2-6-17(15)25/h1-7,12-14,18-19,26H,8-11H2/t13-,14+,18-,19-/m1/s1. The van der Waals surface area contributed by atoms with Crippen LogP contribution in [-0.4, -0.2) is 54.9 Å². The Bertz CT molecular complexity index is 973. The van der Waals surface area contributed by atoms with Crippen molar-refractivity contribution >= 4 is 16.9 Å². The van der Waals surface area contributed by atoms with Crippen molar-refractivity contribution in [1.82, 2.24) is 24.6 Å². The fourth-order valence-corrected chi connectivity index (χ4v) is 4.69. The van der Waals surface area contributed by atoms with Crippen LogP contribution in [0.1, 0.15) is 29.4 Å². The van der Waals surface area contributed by atoms with Gasteiger partial charge in [0.05, 0.1) is 29.5 Å². The van der Waals surface area contributed by atoms with Crippen LogP contribution in [0.4, 0.5) is 0 Å². The number of nitrogens with zero attached hydrogens (tertiary/aromatic N) is 5. The van der Waals surface area contributed by atoms with E-state index >= 15 is 0 Å². The molecule has 2 aliphatic rings. The van der Waals surface area contributed by atoms with Crippen molar-refractivity contribution in [2.75, 3.05) is 13.1 Å². The lowest BCUT2D eigenvalue weighted by Crippen LogP contribution is -2.36. The Balaban J connectivity index is 1.37. The smallest absolute Gasteiger partial charge is 0.274 e. The highest BCUT2D eigenvalue weighted by Crippen LogP contribution is 2.42. The summed E-state index contributed by atoms with van der Waals surface area (Å²) in [5.41, 5.74) is 2.37. The van der Waals surface area contributed by atoms with E-state index in [0.29, 0.717) is 37.0 Å². The molecule has 1 aliphatic heterocycles. The number of para-hydroxylation sites is 2. The van der Waals surface area contributed by atoms with Gasteiger partial charge in [-0.25, -0.2) is 4.98 Å². The van der Waals surface area contributed by atoms with Gasteiger partial charge in [-0.05, 0) is 48.9 Å². The third-order valence-electron chi connectivity index (χ3n) is 6.03. The lowest BCUT2D eigenvalue weighted by Gasteiger charge is -2.36. The summed E-state index contributed by atoms with van der Waals surface area (Å²) in [6, 6.07) is 11.4. The molecule has 0 unspecified atom stereocenters. The van der Waals surface area contributed by atoms with Crippen molar-refractivity contribution in [3.8, 4) is 0 Å². The van der Waals surface area contributed by atoms with Crippen molar-refractivity contribution in [1.29, 1.82) is 0 Å². The molecule has 1 saturated heterocycles. The van der Waals surface area contributed by atoms with Crippen LogP contribution < -0.4 is 0 Å². The Morgan fingerprint density at radius 2 is 1.89 bits per heavy atom. The number of benzene rings is 1. The van der Waals surface area contributed by atoms with E-state index in [1.54, 1.807) is 18.3 Å². The first-order valence-electron chi connectivity index (χ1n) is 9.37. The topological polar surface area (TPSA) is 84.1 Å². The van der Waals surface area contributed by atoms with Crippen LogP contribution in [0.15, 0.2) is 48.9 Å². The average Bonchev–Trinajstić information content (AvgIpc) is 3.31. The van der Waals surface area contributed by atoms with Crippen LogP contribution in [0, 0.1) is 11.8 Å². The van der Waals surface area contributed by atoms with Crippen molar-refractivity contribution in [3.63, 3.8) is 0 Å². The highest BCUT2D eigenvalue weighted by atomic mass is 16.3. The molecule has 2 fully saturated rings. The number of amides is 1. The molecule has 138 valence electrons. The van der Waals surface area contributed by atoms with Gasteiger partial charge in [0.15, 0.2) is 5.69 Å². The first-order chi connectivity index (χ1) is 13.2. The van der Waals surface area contributed by atoms with E-state index in [2.05, 4.69) is 19.7 Å². The molecule has 0 bridgehead atoms. The molecule has 27 heavy (non-hydrogen) atoms. The Morgan fingerprint density at radius 1 is 1.07 bits per heavy atom. The monoisotopic (exact) mass is 363 g/mol. The van der Waals surface area contributed by atoms with Crippen LogP contribution in [0.5, 0.6) is 0 Å². The van der Waals surface area contributed by atoms with Crippen LogP contribution in [0.25, 0.3) is 11.0 Å². The summed E-state index contributed by atoms with van der Waals surface area (Å²) < 4.78 is 2.10. The second-order valence-electron chi connectivity index (χ2n) is 7.59. The number of likely N-dealkylation sites (tertiary alicyclic amines) is 1. The summed E-state index contributed by atoms with van der Waals surface area (Å²) in [7, 11) is 0. The summed E-state index contributed by atoms with van der Waals surface area (Å²) in [6.07, 6.45) is 4.51. The van der Waals surface area contributed by atoms with Gasteiger partial charge in [0.25, 0.3) is 5.91 Å². The van der Waals surface area contributed by atoms with Gasteiger partial charge in [-0.15, -0.1) is 5.10 Å². The number of carbonyl (C=O) groups is 1. The van der Waals surface area contributed by atoms with Gasteiger partial charge in [-0.1, -0.05) is 12.1 Å². The predicted octanol–water partition coefficient (Wildman–Crippen LogP) is 1.91. The highest BCUT2D eigenvalue weighted by Gasteiger charge is 2.44. The molecular weight excluding hydrogens is 342 g/mol. The third kappa shape index (κ3) is 2.78. The lowest BCUT2D eigenvalue weighted by atomic mass is 9.77. The van der Waals surface area contributed by atoms with E-state index in [4.69, 9.17) is 0 Å². The molecule has 0 radical (unpaired) electrons. The number of imidazole rings is 1. The summed E-state index contributed by atoms with van der Waals surface area (Å²) in [5.74, 6) is 0.628. The molecule has 0 spiro atoms. The zero-order valence-corrected chi connectivity index (χ0v) is 14.8. The number of fused-ring (bicyclic) bond motifs is 2. The Labute approximate surface area is 156 Å².